The Morgan fingerprint density at radius 1 is 1.38 bits per heavy atom. The second kappa shape index (κ2) is 4.65. The molecule has 84 valence electrons. The molecule has 2 rings (SSSR count). The first-order valence-corrected chi connectivity index (χ1v) is 5.27. The molecule has 0 aliphatic heterocycles. The number of aliphatic hydroxyl groups excluding tert-OH is 1. The number of aromatic amines is 1. The number of nitrogens with zero attached hydrogens (tertiary/aromatic N) is 1. The van der Waals surface area contributed by atoms with Gasteiger partial charge < -0.3 is 15.8 Å². The van der Waals surface area contributed by atoms with Gasteiger partial charge in [-0.3, -0.25) is 0 Å². The number of rotatable bonds is 3. The fourth-order valence-electron chi connectivity index (χ4n) is 1.39. The normalized spacial score (nSPS) is 12.7. The molecule has 1 heterocycles. The van der Waals surface area contributed by atoms with Crippen molar-refractivity contribution in [2.75, 3.05) is 6.54 Å². The molecule has 2 aromatic rings. The minimum Gasteiger partial charge on any atom is -0.384 e. The van der Waals surface area contributed by atoms with Gasteiger partial charge in [0.2, 0.25) is 0 Å². The molecule has 1 atom stereocenters. The van der Waals surface area contributed by atoms with Crippen LogP contribution >= 0.6 is 11.6 Å². The van der Waals surface area contributed by atoms with Crippen LogP contribution in [0.5, 0.6) is 0 Å². The number of nitrogens with one attached hydrogen (secondary N) is 1. The lowest BCUT2D eigenvalue weighted by molar-refractivity contribution is 0.177. The van der Waals surface area contributed by atoms with Gasteiger partial charge in [-0.25, -0.2) is 4.98 Å². The Balaban J connectivity index is 2.28. The van der Waals surface area contributed by atoms with Crippen molar-refractivity contribution in [3.05, 3.63) is 41.3 Å². The smallest absolute Gasteiger partial charge is 0.136 e. The van der Waals surface area contributed by atoms with Crippen molar-refractivity contribution in [1.29, 1.82) is 0 Å². The molecule has 5 heteroatoms. The Morgan fingerprint density at radius 2 is 2.06 bits per heavy atom. The van der Waals surface area contributed by atoms with Crippen molar-refractivity contribution in [2.45, 2.75) is 6.10 Å². The van der Waals surface area contributed by atoms with Crippen LogP contribution in [0.3, 0.4) is 0 Å². The van der Waals surface area contributed by atoms with Crippen LogP contribution in [-0.2, 0) is 0 Å². The van der Waals surface area contributed by atoms with Crippen LogP contribution in [0.2, 0.25) is 5.02 Å². The molecular formula is C11H12ClN3O. The van der Waals surface area contributed by atoms with E-state index in [2.05, 4.69) is 9.97 Å². The number of benzene rings is 1. The third kappa shape index (κ3) is 2.24. The second-order valence-corrected chi connectivity index (χ2v) is 3.88. The van der Waals surface area contributed by atoms with Gasteiger partial charge in [0, 0.05) is 11.6 Å². The topological polar surface area (TPSA) is 74.9 Å². The van der Waals surface area contributed by atoms with Crippen LogP contribution in [0.25, 0.3) is 11.3 Å². The molecular weight excluding hydrogens is 226 g/mol. The third-order valence-electron chi connectivity index (χ3n) is 2.29. The van der Waals surface area contributed by atoms with E-state index >= 15 is 0 Å². The number of halogens is 1. The number of H-pyrrole nitrogens is 1. The fraction of sp³-hybridized carbons (Fsp3) is 0.182. The van der Waals surface area contributed by atoms with Crippen molar-refractivity contribution < 1.29 is 5.11 Å². The second-order valence-electron chi connectivity index (χ2n) is 3.44. The Hall–Kier alpha value is -1.36. The van der Waals surface area contributed by atoms with Crippen LogP contribution in [0.15, 0.2) is 30.5 Å². The third-order valence-corrected chi connectivity index (χ3v) is 2.54. The van der Waals surface area contributed by atoms with Gasteiger partial charge >= 0.3 is 0 Å². The van der Waals surface area contributed by atoms with Gasteiger partial charge in [-0.2, -0.15) is 0 Å². The summed E-state index contributed by atoms with van der Waals surface area (Å²) in [7, 11) is 0. The Morgan fingerprint density at radius 3 is 2.69 bits per heavy atom. The molecule has 0 aliphatic rings. The van der Waals surface area contributed by atoms with Crippen LogP contribution in [0.1, 0.15) is 11.9 Å². The highest BCUT2D eigenvalue weighted by molar-refractivity contribution is 6.30. The predicted octanol–water partition coefficient (Wildman–Crippen LogP) is 1.72. The zero-order valence-electron chi connectivity index (χ0n) is 8.52. The maximum absolute atomic E-state index is 9.49. The molecule has 0 saturated carbocycles. The van der Waals surface area contributed by atoms with E-state index in [9.17, 15) is 5.11 Å². The van der Waals surface area contributed by atoms with E-state index in [0.717, 1.165) is 11.3 Å². The summed E-state index contributed by atoms with van der Waals surface area (Å²) in [6, 6.07) is 7.37. The zero-order chi connectivity index (χ0) is 11.5. The van der Waals surface area contributed by atoms with Gasteiger partial charge in [0.25, 0.3) is 0 Å². The van der Waals surface area contributed by atoms with Gasteiger partial charge in [0.05, 0.1) is 11.9 Å². The first-order valence-electron chi connectivity index (χ1n) is 4.89. The van der Waals surface area contributed by atoms with Gasteiger partial charge in [-0.05, 0) is 17.7 Å². The lowest BCUT2D eigenvalue weighted by Crippen LogP contribution is -2.12. The molecule has 0 aliphatic carbocycles. The molecule has 0 saturated heterocycles. The highest BCUT2D eigenvalue weighted by Crippen LogP contribution is 2.20. The van der Waals surface area contributed by atoms with Crippen molar-refractivity contribution in [2.24, 2.45) is 5.73 Å². The first kappa shape index (κ1) is 11.1. The molecule has 4 N–H and O–H groups in total. The van der Waals surface area contributed by atoms with Gasteiger partial charge in [-0.15, -0.1) is 0 Å². The molecule has 0 fully saturated rings. The summed E-state index contributed by atoms with van der Waals surface area (Å²) in [6.07, 6.45) is 0.915. The first-order chi connectivity index (χ1) is 7.70. The van der Waals surface area contributed by atoms with Crippen LogP contribution in [-0.4, -0.2) is 21.6 Å². The predicted molar refractivity (Wildman–Crippen MR) is 63.0 cm³/mol. The van der Waals surface area contributed by atoms with E-state index in [1.54, 1.807) is 18.3 Å². The molecule has 1 aromatic heterocycles. The highest BCUT2D eigenvalue weighted by atomic mass is 35.5. The van der Waals surface area contributed by atoms with E-state index in [1.165, 1.54) is 0 Å². The molecule has 0 amide bonds. The summed E-state index contributed by atoms with van der Waals surface area (Å²) >= 11 is 5.79. The number of aliphatic hydroxyl groups is 1. The van der Waals surface area contributed by atoms with Crippen molar-refractivity contribution in [3.8, 4) is 11.3 Å². The van der Waals surface area contributed by atoms with Crippen LogP contribution in [0, 0.1) is 0 Å². The number of hydrogen-bond donors (Lipinski definition) is 3. The maximum Gasteiger partial charge on any atom is 0.136 e. The summed E-state index contributed by atoms with van der Waals surface area (Å²) in [4.78, 5) is 7.08. The average Bonchev–Trinajstić information content (AvgIpc) is 2.78. The molecule has 0 bridgehead atoms. The van der Waals surface area contributed by atoms with E-state index in [-0.39, 0.29) is 6.54 Å². The van der Waals surface area contributed by atoms with E-state index in [4.69, 9.17) is 17.3 Å². The number of imidazole rings is 1. The van der Waals surface area contributed by atoms with Crippen LogP contribution < -0.4 is 5.73 Å². The standard InChI is InChI=1S/C11H12ClN3O/c12-8-3-1-7(2-4-8)9-6-14-11(15-9)10(16)5-13/h1-4,6,10,16H,5,13H2,(H,14,15). The molecule has 1 aromatic carbocycles. The van der Waals surface area contributed by atoms with E-state index in [1.807, 2.05) is 12.1 Å². The summed E-state index contributed by atoms with van der Waals surface area (Å²) in [5.74, 6) is 0.479. The van der Waals surface area contributed by atoms with Gasteiger partial charge in [-0.1, -0.05) is 23.7 Å². The Bertz CT molecular complexity index is 466. The van der Waals surface area contributed by atoms with Crippen molar-refractivity contribution in [3.63, 3.8) is 0 Å². The largest absolute Gasteiger partial charge is 0.384 e. The average molecular weight is 238 g/mol. The van der Waals surface area contributed by atoms with Crippen LogP contribution in [0.4, 0.5) is 0 Å². The molecule has 16 heavy (non-hydrogen) atoms. The van der Waals surface area contributed by atoms with Crippen molar-refractivity contribution >= 4 is 11.6 Å². The molecule has 4 nitrogen and oxygen atoms in total. The van der Waals surface area contributed by atoms with E-state index < -0.39 is 6.10 Å². The Kier molecular flexibility index (Phi) is 3.24. The summed E-state index contributed by atoms with van der Waals surface area (Å²) < 4.78 is 0. The number of hydrogen-bond acceptors (Lipinski definition) is 3. The minimum atomic E-state index is -0.749. The summed E-state index contributed by atoms with van der Waals surface area (Å²) in [5, 5.41) is 10.2. The SMILES string of the molecule is NCC(O)c1ncc(-c2ccc(Cl)cc2)[nH]1. The monoisotopic (exact) mass is 237 g/mol. The molecule has 1 unspecified atom stereocenters. The van der Waals surface area contributed by atoms with Crippen molar-refractivity contribution in [1.82, 2.24) is 9.97 Å². The highest BCUT2D eigenvalue weighted by Gasteiger charge is 2.10. The molecule has 0 radical (unpaired) electrons. The quantitative estimate of drug-likeness (QED) is 0.761. The van der Waals surface area contributed by atoms with Gasteiger partial charge in [0.1, 0.15) is 11.9 Å². The number of aromatic nitrogens is 2. The summed E-state index contributed by atoms with van der Waals surface area (Å²) in [5.41, 5.74) is 7.14. The maximum atomic E-state index is 9.49. The van der Waals surface area contributed by atoms with E-state index in [0.29, 0.717) is 10.8 Å². The lowest BCUT2D eigenvalue weighted by atomic mass is 10.2. The fourth-order valence-corrected chi connectivity index (χ4v) is 1.52. The molecule has 0 spiro atoms. The summed E-state index contributed by atoms with van der Waals surface area (Å²) in [6.45, 7) is 0.146. The number of nitrogens with two attached hydrogens (primary N) is 1. The lowest BCUT2D eigenvalue weighted by Gasteiger charge is -2.02. The van der Waals surface area contributed by atoms with Gasteiger partial charge in [0.15, 0.2) is 0 Å². The Labute approximate surface area is 98.1 Å². The minimum absolute atomic E-state index is 0.146. The zero-order valence-corrected chi connectivity index (χ0v) is 9.28.